The monoisotopic (exact) mass is 441 g/mol. The van der Waals surface area contributed by atoms with Crippen molar-refractivity contribution in [2.75, 3.05) is 18.4 Å². The second-order valence-electron chi connectivity index (χ2n) is 7.24. The number of piperidine rings is 1. The fourth-order valence-electron chi connectivity index (χ4n) is 3.46. The van der Waals surface area contributed by atoms with E-state index in [4.69, 9.17) is 0 Å². The van der Waals surface area contributed by atoms with Crippen LogP contribution in [0.2, 0.25) is 0 Å². The van der Waals surface area contributed by atoms with Crippen LogP contribution in [0.4, 0.5) is 5.13 Å². The van der Waals surface area contributed by atoms with Crippen LogP contribution >= 0.6 is 11.3 Å². The van der Waals surface area contributed by atoms with E-state index in [0.717, 1.165) is 36.1 Å². The highest BCUT2D eigenvalue weighted by atomic mass is 32.2. The Morgan fingerprint density at radius 3 is 2.40 bits per heavy atom. The normalized spacial score (nSPS) is 15.1. The Kier molecular flexibility index (Phi) is 6.26. The van der Waals surface area contributed by atoms with Crippen molar-refractivity contribution >= 4 is 32.4 Å². The summed E-state index contributed by atoms with van der Waals surface area (Å²) in [5.74, 6) is -0.185. The van der Waals surface area contributed by atoms with Gasteiger partial charge in [-0.05, 0) is 30.5 Å². The van der Waals surface area contributed by atoms with Gasteiger partial charge >= 0.3 is 0 Å². The molecule has 1 N–H and O–H groups in total. The van der Waals surface area contributed by atoms with E-state index in [1.54, 1.807) is 28.6 Å². The molecule has 1 aliphatic rings. The number of rotatable bonds is 6. The number of carbonyl (C=O) groups is 1. The molecule has 30 heavy (non-hydrogen) atoms. The first kappa shape index (κ1) is 20.7. The van der Waals surface area contributed by atoms with Crippen molar-refractivity contribution in [3.8, 4) is 11.3 Å². The van der Waals surface area contributed by atoms with Gasteiger partial charge in [0, 0.05) is 24.0 Å². The summed E-state index contributed by atoms with van der Waals surface area (Å²) in [6.45, 7) is 1.15. The first-order valence-electron chi connectivity index (χ1n) is 9.92. The zero-order valence-electron chi connectivity index (χ0n) is 16.5. The van der Waals surface area contributed by atoms with Crippen LogP contribution < -0.4 is 5.32 Å². The third kappa shape index (κ3) is 4.77. The Bertz CT molecular complexity index is 1100. The van der Waals surface area contributed by atoms with Gasteiger partial charge in [-0.2, -0.15) is 4.31 Å². The lowest BCUT2D eigenvalue weighted by Crippen LogP contribution is -2.35. The van der Waals surface area contributed by atoms with Crippen molar-refractivity contribution in [2.45, 2.75) is 30.6 Å². The number of amides is 1. The summed E-state index contributed by atoms with van der Waals surface area (Å²) in [6.07, 6.45) is 3.04. The highest BCUT2D eigenvalue weighted by Gasteiger charge is 2.25. The van der Waals surface area contributed by atoms with E-state index in [1.165, 1.54) is 11.3 Å². The maximum Gasteiger partial charge on any atom is 0.243 e. The lowest BCUT2D eigenvalue weighted by atomic mass is 10.1. The summed E-state index contributed by atoms with van der Waals surface area (Å²) in [5, 5.41) is 5.27. The third-order valence-corrected chi connectivity index (χ3v) is 7.73. The van der Waals surface area contributed by atoms with Gasteiger partial charge in [-0.15, -0.1) is 11.3 Å². The number of thiazole rings is 1. The highest BCUT2D eigenvalue weighted by molar-refractivity contribution is 7.89. The Balaban J connectivity index is 1.38. The van der Waals surface area contributed by atoms with E-state index in [-0.39, 0.29) is 17.2 Å². The molecule has 0 spiro atoms. The zero-order valence-corrected chi connectivity index (χ0v) is 18.1. The van der Waals surface area contributed by atoms with E-state index >= 15 is 0 Å². The molecule has 0 aliphatic carbocycles. The summed E-state index contributed by atoms with van der Waals surface area (Å²) in [5.41, 5.74) is 2.58. The first-order chi connectivity index (χ1) is 14.5. The fourth-order valence-corrected chi connectivity index (χ4v) is 5.71. The van der Waals surface area contributed by atoms with Gasteiger partial charge in [0.2, 0.25) is 15.9 Å². The molecule has 3 aromatic rings. The van der Waals surface area contributed by atoms with Gasteiger partial charge in [-0.1, -0.05) is 48.9 Å². The fraction of sp³-hybridized carbons (Fsp3) is 0.273. The maximum atomic E-state index is 12.7. The molecule has 8 heteroatoms. The van der Waals surface area contributed by atoms with Gasteiger partial charge in [0.05, 0.1) is 17.0 Å². The summed E-state index contributed by atoms with van der Waals surface area (Å²) in [7, 11) is -3.45. The van der Waals surface area contributed by atoms with Gasteiger partial charge in [0.1, 0.15) is 0 Å². The van der Waals surface area contributed by atoms with Crippen molar-refractivity contribution in [2.24, 2.45) is 0 Å². The predicted molar refractivity (Wildman–Crippen MR) is 119 cm³/mol. The van der Waals surface area contributed by atoms with Gasteiger partial charge < -0.3 is 5.32 Å². The van der Waals surface area contributed by atoms with Crippen LogP contribution in [0.25, 0.3) is 11.3 Å². The van der Waals surface area contributed by atoms with Crippen LogP contribution in [0, 0.1) is 0 Å². The zero-order chi connectivity index (χ0) is 21.0. The summed E-state index contributed by atoms with van der Waals surface area (Å²) < 4.78 is 27.0. The van der Waals surface area contributed by atoms with Crippen LogP contribution in [0.5, 0.6) is 0 Å². The molecule has 1 saturated heterocycles. The molecule has 1 fully saturated rings. The molecule has 1 amide bonds. The lowest BCUT2D eigenvalue weighted by Gasteiger charge is -2.25. The molecule has 1 aliphatic heterocycles. The molecule has 4 rings (SSSR count). The molecule has 0 radical (unpaired) electrons. The minimum atomic E-state index is -3.45. The van der Waals surface area contributed by atoms with E-state index in [0.29, 0.717) is 18.2 Å². The number of sulfonamides is 1. The average molecular weight is 442 g/mol. The number of aromatic nitrogens is 1. The van der Waals surface area contributed by atoms with Crippen molar-refractivity contribution in [3.63, 3.8) is 0 Å². The molecule has 6 nitrogen and oxygen atoms in total. The van der Waals surface area contributed by atoms with Crippen LogP contribution in [-0.2, 0) is 21.2 Å². The second-order valence-corrected chi connectivity index (χ2v) is 10.0. The summed E-state index contributed by atoms with van der Waals surface area (Å²) in [6, 6.07) is 16.4. The van der Waals surface area contributed by atoms with Crippen LogP contribution in [-0.4, -0.2) is 36.7 Å². The number of hydrogen-bond acceptors (Lipinski definition) is 5. The summed E-state index contributed by atoms with van der Waals surface area (Å²) >= 11 is 1.38. The van der Waals surface area contributed by atoms with Gasteiger partial charge in [-0.25, -0.2) is 13.4 Å². The number of nitrogens with one attached hydrogen (secondary N) is 1. The molecule has 0 atom stereocenters. The molecule has 2 heterocycles. The predicted octanol–water partition coefficient (Wildman–Crippen LogP) is 4.17. The SMILES string of the molecule is O=C(Cc1ccc(S(=O)(=O)N2CCCCC2)cc1)Nc1nc(-c2ccccc2)cs1. The topological polar surface area (TPSA) is 79.4 Å². The number of benzene rings is 2. The van der Waals surface area contributed by atoms with Crippen LogP contribution in [0.15, 0.2) is 64.9 Å². The first-order valence-corrected chi connectivity index (χ1v) is 12.2. The highest BCUT2D eigenvalue weighted by Crippen LogP contribution is 2.25. The molecule has 2 aromatic carbocycles. The number of carbonyl (C=O) groups excluding carboxylic acids is 1. The minimum absolute atomic E-state index is 0.157. The van der Waals surface area contributed by atoms with Gasteiger partial charge in [0.15, 0.2) is 5.13 Å². The standard InChI is InChI=1S/C22H23N3O3S2/c26-21(24-22-23-20(16-29-22)18-7-3-1-4-8-18)15-17-9-11-19(12-10-17)30(27,28)25-13-5-2-6-14-25/h1,3-4,7-12,16H,2,5-6,13-15H2,(H,23,24,26). The number of nitrogens with zero attached hydrogens (tertiary/aromatic N) is 2. The Labute approximate surface area is 180 Å². The van der Waals surface area contributed by atoms with E-state index < -0.39 is 10.0 Å². The molecule has 0 saturated carbocycles. The van der Waals surface area contributed by atoms with Crippen molar-refractivity contribution in [3.05, 3.63) is 65.5 Å². The van der Waals surface area contributed by atoms with Crippen molar-refractivity contribution < 1.29 is 13.2 Å². The molecule has 1 aromatic heterocycles. The Morgan fingerprint density at radius 2 is 1.70 bits per heavy atom. The van der Waals surface area contributed by atoms with E-state index in [2.05, 4.69) is 10.3 Å². The maximum absolute atomic E-state index is 12.7. The average Bonchev–Trinajstić information content (AvgIpc) is 3.24. The quantitative estimate of drug-likeness (QED) is 0.623. The minimum Gasteiger partial charge on any atom is -0.302 e. The molecule has 0 bridgehead atoms. The lowest BCUT2D eigenvalue weighted by molar-refractivity contribution is -0.115. The van der Waals surface area contributed by atoms with Crippen molar-refractivity contribution in [1.29, 1.82) is 0 Å². The van der Waals surface area contributed by atoms with Gasteiger partial charge in [0.25, 0.3) is 0 Å². The molecule has 156 valence electrons. The number of anilines is 1. The second kappa shape index (κ2) is 9.07. The van der Waals surface area contributed by atoms with Crippen molar-refractivity contribution in [1.82, 2.24) is 9.29 Å². The number of hydrogen-bond donors (Lipinski definition) is 1. The molecular formula is C22H23N3O3S2. The van der Waals surface area contributed by atoms with Crippen LogP contribution in [0.3, 0.4) is 0 Å². The van der Waals surface area contributed by atoms with Crippen LogP contribution in [0.1, 0.15) is 24.8 Å². The van der Waals surface area contributed by atoms with E-state index in [9.17, 15) is 13.2 Å². The summed E-state index contributed by atoms with van der Waals surface area (Å²) in [4.78, 5) is 17.1. The molecular weight excluding hydrogens is 418 g/mol. The van der Waals surface area contributed by atoms with Gasteiger partial charge in [-0.3, -0.25) is 4.79 Å². The third-order valence-electron chi connectivity index (χ3n) is 5.06. The Hall–Kier alpha value is -2.55. The largest absolute Gasteiger partial charge is 0.302 e. The Morgan fingerprint density at radius 1 is 1.00 bits per heavy atom. The smallest absolute Gasteiger partial charge is 0.243 e. The van der Waals surface area contributed by atoms with E-state index in [1.807, 2.05) is 35.7 Å². The molecule has 0 unspecified atom stereocenters.